The van der Waals surface area contributed by atoms with Gasteiger partial charge in [0, 0.05) is 30.9 Å². The van der Waals surface area contributed by atoms with Gasteiger partial charge in [0.05, 0.1) is 13.2 Å². The second-order valence-electron chi connectivity index (χ2n) is 8.48. The molecule has 6 atom stereocenters. The van der Waals surface area contributed by atoms with Crippen LogP contribution in [0.15, 0.2) is 0 Å². The van der Waals surface area contributed by atoms with Gasteiger partial charge < -0.3 is 21.1 Å². The van der Waals surface area contributed by atoms with Crippen molar-refractivity contribution in [3.05, 3.63) is 0 Å². The van der Waals surface area contributed by atoms with E-state index in [1.807, 2.05) is 13.3 Å². The van der Waals surface area contributed by atoms with E-state index in [1.165, 1.54) is 7.11 Å². The number of nitrogens with one attached hydrogen (secondary N) is 2. The number of nitrogens with zero attached hydrogens (tertiary/aromatic N) is 1. The Labute approximate surface area is 199 Å². The van der Waals surface area contributed by atoms with E-state index in [0.29, 0.717) is 31.2 Å². The molecule has 9 heteroatoms. The zero-order chi connectivity index (χ0) is 24.0. The largest absolute Gasteiger partial charge is 0.467 e. The molecule has 0 radical (unpaired) electrons. The minimum atomic E-state index is -0.623. The number of thioether (sulfide) groups is 1. The number of ether oxygens (including phenoxy) is 1. The van der Waals surface area contributed by atoms with Crippen LogP contribution in [0.5, 0.6) is 0 Å². The minimum Gasteiger partial charge on any atom is -0.467 e. The number of hydrogen-bond donors (Lipinski definition) is 4. The van der Waals surface area contributed by atoms with Gasteiger partial charge in [-0.2, -0.15) is 24.4 Å². The van der Waals surface area contributed by atoms with Gasteiger partial charge in [0.15, 0.2) is 0 Å². The number of carbonyl (C=O) groups excluding carboxylic acids is 2. The molecule has 0 aliphatic rings. The Kier molecular flexibility index (Phi) is 16.8. The lowest BCUT2D eigenvalue weighted by Gasteiger charge is -2.36. The highest BCUT2D eigenvalue weighted by atomic mass is 32.2. The Morgan fingerprint density at radius 2 is 1.81 bits per heavy atom. The van der Waals surface area contributed by atoms with Gasteiger partial charge in [-0.15, -0.1) is 0 Å². The third-order valence-corrected chi connectivity index (χ3v) is 7.14. The standard InChI is InChI=1S/C22H46N4O3S2/c1-8-15(3)19(24-12-17(23)14-30)13-26(5)20(16(4)9-2)21(27)25-18(10-11-31-7)22(28)29-6/h15-20,24,30H,8-14,23H2,1-7H3,(H,25,27)/t15-,16?,17+,18-,19+,20-/m0/s1. The Morgan fingerprint density at radius 3 is 2.29 bits per heavy atom. The smallest absolute Gasteiger partial charge is 0.328 e. The van der Waals surface area contributed by atoms with E-state index in [0.717, 1.165) is 18.6 Å². The van der Waals surface area contributed by atoms with Gasteiger partial charge in [0.1, 0.15) is 6.04 Å². The predicted molar refractivity (Wildman–Crippen MR) is 136 cm³/mol. The third-order valence-electron chi connectivity index (χ3n) is 6.03. The third kappa shape index (κ3) is 11.3. The van der Waals surface area contributed by atoms with E-state index >= 15 is 0 Å². The lowest BCUT2D eigenvalue weighted by Crippen LogP contribution is -2.57. The van der Waals surface area contributed by atoms with Gasteiger partial charge in [-0.3, -0.25) is 9.69 Å². The molecule has 0 aliphatic carbocycles. The fraction of sp³-hybridized carbons (Fsp3) is 0.909. The number of thiol groups is 1. The topological polar surface area (TPSA) is 96.7 Å². The van der Waals surface area contributed by atoms with Gasteiger partial charge in [-0.05, 0) is 37.3 Å². The summed E-state index contributed by atoms with van der Waals surface area (Å²) >= 11 is 5.91. The fourth-order valence-electron chi connectivity index (χ4n) is 3.52. The average Bonchev–Trinajstić information content (AvgIpc) is 2.77. The summed E-state index contributed by atoms with van der Waals surface area (Å²) in [6.07, 6.45) is 4.42. The molecule has 0 aromatic heterocycles. The van der Waals surface area contributed by atoms with Crippen LogP contribution in [-0.4, -0.2) is 86.0 Å². The number of carbonyl (C=O) groups is 2. The quantitative estimate of drug-likeness (QED) is 0.188. The van der Waals surface area contributed by atoms with Crippen molar-refractivity contribution in [2.24, 2.45) is 17.6 Å². The molecule has 4 N–H and O–H groups in total. The molecule has 0 aromatic rings. The van der Waals surface area contributed by atoms with Gasteiger partial charge in [0.2, 0.25) is 5.91 Å². The molecule has 0 aromatic carbocycles. The van der Waals surface area contributed by atoms with Crippen molar-refractivity contribution in [3.63, 3.8) is 0 Å². The van der Waals surface area contributed by atoms with Gasteiger partial charge >= 0.3 is 5.97 Å². The summed E-state index contributed by atoms with van der Waals surface area (Å²) in [4.78, 5) is 27.6. The molecule has 1 unspecified atom stereocenters. The molecule has 31 heavy (non-hydrogen) atoms. The highest BCUT2D eigenvalue weighted by Crippen LogP contribution is 2.18. The van der Waals surface area contributed by atoms with E-state index in [2.05, 4.69) is 55.9 Å². The summed E-state index contributed by atoms with van der Waals surface area (Å²) in [7, 11) is 3.35. The van der Waals surface area contributed by atoms with E-state index in [9.17, 15) is 9.59 Å². The van der Waals surface area contributed by atoms with Crippen LogP contribution in [0.4, 0.5) is 0 Å². The highest BCUT2D eigenvalue weighted by Gasteiger charge is 2.33. The average molecular weight is 479 g/mol. The maximum absolute atomic E-state index is 13.3. The van der Waals surface area contributed by atoms with Crippen molar-refractivity contribution in [2.75, 3.05) is 45.0 Å². The summed E-state index contributed by atoms with van der Waals surface area (Å²) in [6, 6.07) is -0.764. The number of esters is 1. The fourth-order valence-corrected chi connectivity index (χ4v) is 4.12. The first kappa shape index (κ1) is 30.5. The highest BCUT2D eigenvalue weighted by molar-refractivity contribution is 7.98. The van der Waals surface area contributed by atoms with Crippen LogP contribution < -0.4 is 16.4 Å². The molecule has 0 fully saturated rings. The zero-order valence-corrected chi connectivity index (χ0v) is 22.2. The van der Waals surface area contributed by atoms with Gasteiger partial charge in [0.25, 0.3) is 0 Å². The van der Waals surface area contributed by atoms with Crippen molar-refractivity contribution < 1.29 is 14.3 Å². The van der Waals surface area contributed by atoms with E-state index in [1.54, 1.807) is 11.8 Å². The number of hydrogen-bond acceptors (Lipinski definition) is 8. The first-order valence-corrected chi connectivity index (χ1v) is 13.4. The Morgan fingerprint density at radius 1 is 1.19 bits per heavy atom. The first-order chi connectivity index (χ1) is 14.7. The maximum atomic E-state index is 13.3. The Hall–Kier alpha value is -0.480. The monoisotopic (exact) mass is 478 g/mol. The van der Waals surface area contributed by atoms with Crippen LogP contribution in [0.2, 0.25) is 0 Å². The maximum Gasteiger partial charge on any atom is 0.328 e. The Bertz CT molecular complexity index is 513. The SMILES string of the molecule is CCC(C)[C@@H](C(=O)N[C@@H](CCSC)C(=O)OC)N(C)C[C@@H](NC[C@@H](N)CS)[C@@H](C)CC. The molecule has 0 saturated heterocycles. The van der Waals surface area contributed by atoms with Crippen molar-refractivity contribution in [1.82, 2.24) is 15.5 Å². The molecule has 1 amide bonds. The molecular formula is C22H46N4O3S2. The molecule has 0 bridgehead atoms. The number of amides is 1. The van der Waals surface area contributed by atoms with Gasteiger partial charge in [-0.25, -0.2) is 4.79 Å². The van der Waals surface area contributed by atoms with Crippen molar-refractivity contribution >= 4 is 36.3 Å². The van der Waals surface area contributed by atoms with Crippen LogP contribution in [0.25, 0.3) is 0 Å². The van der Waals surface area contributed by atoms with Crippen molar-refractivity contribution in [3.8, 4) is 0 Å². The Balaban J connectivity index is 5.43. The minimum absolute atomic E-state index is 0.00823. The number of nitrogens with two attached hydrogens (primary N) is 1. The van der Waals surface area contributed by atoms with E-state index in [4.69, 9.17) is 10.5 Å². The molecule has 0 aliphatic heterocycles. The zero-order valence-electron chi connectivity index (χ0n) is 20.5. The molecule has 0 saturated carbocycles. The van der Waals surface area contributed by atoms with Crippen LogP contribution in [-0.2, 0) is 14.3 Å². The molecular weight excluding hydrogens is 432 g/mol. The first-order valence-electron chi connectivity index (χ1n) is 11.3. The lowest BCUT2D eigenvalue weighted by molar-refractivity contribution is -0.146. The van der Waals surface area contributed by atoms with Crippen LogP contribution in [0, 0.1) is 11.8 Å². The number of rotatable bonds is 17. The lowest BCUT2D eigenvalue weighted by atomic mass is 9.93. The second kappa shape index (κ2) is 17.1. The van der Waals surface area contributed by atoms with E-state index in [-0.39, 0.29) is 30.0 Å². The summed E-state index contributed by atoms with van der Waals surface area (Å²) in [5.74, 6) is 1.45. The predicted octanol–water partition coefficient (Wildman–Crippen LogP) is 2.01. The van der Waals surface area contributed by atoms with Crippen LogP contribution >= 0.6 is 24.4 Å². The summed E-state index contributed by atoms with van der Waals surface area (Å²) < 4.78 is 4.91. The van der Waals surface area contributed by atoms with Crippen molar-refractivity contribution in [2.45, 2.75) is 71.1 Å². The molecule has 0 spiro atoms. The molecule has 0 rings (SSSR count). The molecule has 184 valence electrons. The van der Waals surface area contributed by atoms with Crippen molar-refractivity contribution in [1.29, 1.82) is 0 Å². The molecule has 7 nitrogen and oxygen atoms in total. The second-order valence-corrected chi connectivity index (χ2v) is 9.83. The number of methoxy groups -OCH3 is 1. The van der Waals surface area contributed by atoms with Crippen LogP contribution in [0.1, 0.15) is 47.0 Å². The summed E-state index contributed by atoms with van der Waals surface area (Å²) in [5.41, 5.74) is 6.05. The van der Waals surface area contributed by atoms with E-state index < -0.39 is 12.0 Å². The summed E-state index contributed by atoms with van der Waals surface area (Å²) in [6.45, 7) is 9.95. The number of likely N-dealkylation sites (N-methyl/N-ethyl adjacent to an activating group) is 1. The van der Waals surface area contributed by atoms with Crippen LogP contribution in [0.3, 0.4) is 0 Å². The molecule has 0 heterocycles. The normalized spacial score (nSPS) is 17.5. The van der Waals surface area contributed by atoms with Gasteiger partial charge in [-0.1, -0.05) is 40.5 Å². The summed E-state index contributed by atoms with van der Waals surface area (Å²) in [5, 5.41) is 6.53.